The van der Waals surface area contributed by atoms with Crippen molar-refractivity contribution in [2.24, 2.45) is 5.73 Å². The lowest BCUT2D eigenvalue weighted by Gasteiger charge is -2.16. The molecule has 6 heteroatoms. The molecular formula is C15H14Br2N2OS. The van der Waals surface area contributed by atoms with Crippen LogP contribution in [-0.2, 0) is 0 Å². The van der Waals surface area contributed by atoms with Crippen LogP contribution in [0.4, 0.5) is 11.4 Å². The standard InChI is InChI=1S/C15H14Br2N2OS/c1-8-4-3-5-9(15(18)21)14(8)19-12-7-13(20-2)11(17)6-10(12)16/h3-7,19H,1-2H3,(H2,18,21). The Morgan fingerprint density at radius 1 is 1.24 bits per heavy atom. The number of nitrogens with one attached hydrogen (secondary N) is 1. The lowest BCUT2D eigenvalue weighted by Crippen LogP contribution is -2.12. The van der Waals surface area contributed by atoms with Crippen LogP contribution in [0.1, 0.15) is 11.1 Å². The number of para-hydroxylation sites is 1. The number of thiocarbonyl (C=S) groups is 1. The zero-order chi connectivity index (χ0) is 15.6. The number of halogens is 2. The van der Waals surface area contributed by atoms with Crippen molar-refractivity contribution in [2.75, 3.05) is 12.4 Å². The van der Waals surface area contributed by atoms with Crippen molar-refractivity contribution in [3.63, 3.8) is 0 Å². The van der Waals surface area contributed by atoms with E-state index in [1.54, 1.807) is 7.11 Å². The first-order valence-electron chi connectivity index (χ1n) is 6.13. The molecule has 110 valence electrons. The summed E-state index contributed by atoms with van der Waals surface area (Å²) in [5, 5.41) is 3.38. The summed E-state index contributed by atoms with van der Waals surface area (Å²) in [4.78, 5) is 0.362. The molecule has 21 heavy (non-hydrogen) atoms. The molecule has 3 N–H and O–H groups in total. The summed E-state index contributed by atoms with van der Waals surface area (Å²) in [6.07, 6.45) is 0. The molecule has 3 nitrogen and oxygen atoms in total. The van der Waals surface area contributed by atoms with Crippen LogP contribution in [0.25, 0.3) is 0 Å². The minimum Gasteiger partial charge on any atom is -0.495 e. The van der Waals surface area contributed by atoms with Gasteiger partial charge in [0.25, 0.3) is 0 Å². The van der Waals surface area contributed by atoms with Crippen molar-refractivity contribution in [3.05, 3.63) is 50.4 Å². The molecule has 0 saturated heterocycles. The molecule has 2 aromatic rings. The van der Waals surface area contributed by atoms with Crippen molar-refractivity contribution in [2.45, 2.75) is 6.92 Å². The Kier molecular flexibility index (Phi) is 5.24. The number of hydrogen-bond donors (Lipinski definition) is 2. The average Bonchev–Trinajstić information content (AvgIpc) is 2.43. The summed E-state index contributed by atoms with van der Waals surface area (Å²) < 4.78 is 7.11. The van der Waals surface area contributed by atoms with E-state index in [1.165, 1.54) is 0 Å². The highest BCUT2D eigenvalue weighted by molar-refractivity contribution is 9.11. The maximum Gasteiger partial charge on any atom is 0.135 e. The van der Waals surface area contributed by atoms with Crippen LogP contribution in [0.3, 0.4) is 0 Å². The summed E-state index contributed by atoms with van der Waals surface area (Å²) in [6.45, 7) is 2.01. The number of rotatable bonds is 4. The number of methoxy groups -OCH3 is 1. The first kappa shape index (κ1) is 16.3. The second-order valence-corrected chi connectivity index (χ2v) is 6.60. The van der Waals surface area contributed by atoms with Crippen LogP contribution >= 0.6 is 44.1 Å². The zero-order valence-electron chi connectivity index (χ0n) is 11.5. The third-order valence-corrected chi connectivity index (χ3v) is 4.54. The van der Waals surface area contributed by atoms with Gasteiger partial charge in [0.15, 0.2) is 0 Å². The van der Waals surface area contributed by atoms with Crippen molar-refractivity contribution in [1.29, 1.82) is 0 Å². The Labute approximate surface area is 146 Å². The third kappa shape index (κ3) is 3.56. The molecule has 0 amide bonds. The predicted octanol–water partition coefficient (Wildman–Crippen LogP) is 4.91. The van der Waals surface area contributed by atoms with Crippen LogP contribution in [0.15, 0.2) is 39.3 Å². The SMILES string of the molecule is COc1cc(Nc2c(C)cccc2C(N)=S)c(Br)cc1Br. The Bertz CT molecular complexity index is 704. The van der Waals surface area contributed by atoms with Crippen molar-refractivity contribution in [3.8, 4) is 5.75 Å². The summed E-state index contributed by atoms with van der Waals surface area (Å²) in [7, 11) is 1.63. The lowest BCUT2D eigenvalue weighted by atomic mass is 10.1. The van der Waals surface area contributed by atoms with Crippen molar-refractivity contribution >= 4 is 60.4 Å². The van der Waals surface area contributed by atoms with Crippen LogP contribution in [0, 0.1) is 6.92 Å². The molecule has 0 saturated carbocycles. The minimum atomic E-state index is 0.362. The minimum absolute atomic E-state index is 0.362. The predicted molar refractivity (Wildman–Crippen MR) is 98.7 cm³/mol. The first-order valence-corrected chi connectivity index (χ1v) is 8.13. The quantitative estimate of drug-likeness (QED) is 0.678. The van der Waals surface area contributed by atoms with Crippen LogP contribution in [0.5, 0.6) is 5.75 Å². The topological polar surface area (TPSA) is 47.3 Å². The second-order valence-electron chi connectivity index (χ2n) is 4.45. The van der Waals surface area contributed by atoms with Gasteiger partial charge in [-0.25, -0.2) is 0 Å². The highest BCUT2D eigenvalue weighted by Crippen LogP contribution is 2.37. The van der Waals surface area contributed by atoms with Gasteiger partial charge in [-0.2, -0.15) is 0 Å². The van der Waals surface area contributed by atoms with Gasteiger partial charge >= 0.3 is 0 Å². The molecule has 0 unspecified atom stereocenters. The van der Waals surface area contributed by atoms with Gasteiger partial charge in [0.1, 0.15) is 10.7 Å². The maximum absolute atomic E-state index is 5.80. The average molecular weight is 430 g/mol. The molecule has 0 atom stereocenters. The van der Waals surface area contributed by atoms with E-state index in [9.17, 15) is 0 Å². The molecule has 2 rings (SSSR count). The molecule has 0 aliphatic rings. The fourth-order valence-corrected chi connectivity index (χ4v) is 3.38. The van der Waals surface area contributed by atoms with Gasteiger partial charge in [0.2, 0.25) is 0 Å². The maximum atomic E-state index is 5.80. The lowest BCUT2D eigenvalue weighted by molar-refractivity contribution is 0.412. The summed E-state index contributed by atoms with van der Waals surface area (Å²) in [5.74, 6) is 0.742. The molecular weight excluding hydrogens is 416 g/mol. The van der Waals surface area contributed by atoms with Crippen LogP contribution in [-0.4, -0.2) is 12.1 Å². The zero-order valence-corrected chi connectivity index (χ0v) is 15.5. The number of benzene rings is 2. The van der Waals surface area contributed by atoms with E-state index in [4.69, 9.17) is 22.7 Å². The Hall–Kier alpha value is -1.11. The summed E-state index contributed by atoms with van der Waals surface area (Å²) in [6, 6.07) is 9.69. The largest absolute Gasteiger partial charge is 0.495 e. The Balaban J connectivity index is 2.50. The smallest absolute Gasteiger partial charge is 0.135 e. The summed E-state index contributed by atoms with van der Waals surface area (Å²) >= 11 is 12.1. The molecule has 0 aliphatic carbocycles. The van der Waals surface area contributed by atoms with Gasteiger partial charge in [-0.1, -0.05) is 24.4 Å². The van der Waals surface area contributed by atoms with E-state index in [0.29, 0.717) is 4.99 Å². The molecule has 0 fully saturated rings. The monoisotopic (exact) mass is 428 g/mol. The number of hydrogen-bond acceptors (Lipinski definition) is 3. The highest BCUT2D eigenvalue weighted by atomic mass is 79.9. The van der Waals surface area contributed by atoms with Crippen molar-refractivity contribution in [1.82, 2.24) is 0 Å². The fourth-order valence-electron chi connectivity index (χ4n) is 1.96. The van der Waals surface area contributed by atoms with Gasteiger partial charge in [-0.15, -0.1) is 0 Å². The molecule has 0 bridgehead atoms. The Morgan fingerprint density at radius 2 is 1.95 bits per heavy atom. The molecule has 0 radical (unpaired) electrons. The van der Waals surface area contributed by atoms with E-state index in [0.717, 1.165) is 37.2 Å². The normalized spacial score (nSPS) is 10.3. The van der Waals surface area contributed by atoms with Gasteiger partial charge < -0.3 is 15.8 Å². The second kappa shape index (κ2) is 6.77. The molecule has 2 aromatic carbocycles. The van der Waals surface area contributed by atoms with Gasteiger partial charge in [0, 0.05) is 16.1 Å². The van der Waals surface area contributed by atoms with Gasteiger partial charge in [-0.05, 0) is 56.5 Å². The van der Waals surface area contributed by atoms with E-state index in [1.807, 2.05) is 37.3 Å². The fraction of sp³-hybridized carbons (Fsp3) is 0.133. The molecule has 0 aliphatic heterocycles. The highest BCUT2D eigenvalue weighted by Gasteiger charge is 2.12. The van der Waals surface area contributed by atoms with Crippen molar-refractivity contribution < 1.29 is 4.74 Å². The van der Waals surface area contributed by atoms with Gasteiger partial charge in [-0.3, -0.25) is 0 Å². The van der Waals surface area contributed by atoms with E-state index >= 15 is 0 Å². The van der Waals surface area contributed by atoms with E-state index in [-0.39, 0.29) is 0 Å². The first-order chi connectivity index (χ1) is 9.93. The van der Waals surface area contributed by atoms with E-state index < -0.39 is 0 Å². The van der Waals surface area contributed by atoms with Crippen LogP contribution in [0.2, 0.25) is 0 Å². The Morgan fingerprint density at radius 3 is 2.57 bits per heavy atom. The van der Waals surface area contributed by atoms with E-state index in [2.05, 4.69) is 37.2 Å². The van der Waals surface area contributed by atoms with Crippen LogP contribution < -0.4 is 15.8 Å². The van der Waals surface area contributed by atoms with Gasteiger partial charge in [0.05, 0.1) is 23.0 Å². The summed E-state index contributed by atoms with van der Waals surface area (Å²) in [5.41, 5.74) is 9.46. The number of aryl methyl sites for hydroxylation is 1. The molecule has 0 heterocycles. The third-order valence-electron chi connectivity index (χ3n) is 3.04. The number of anilines is 2. The number of nitrogens with two attached hydrogens (primary N) is 1. The number of ether oxygens (including phenoxy) is 1. The molecule has 0 spiro atoms. The molecule has 0 aromatic heterocycles.